The summed E-state index contributed by atoms with van der Waals surface area (Å²) in [6, 6.07) is 25.7. The molecule has 0 spiro atoms. The molecule has 0 unspecified atom stereocenters. The lowest BCUT2D eigenvalue weighted by Crippen LogP contribution is -2.20. The molecule has 6 nitrogen and oxygen atoms in total. The van der Waals surface area contributed by atoms with Crippen molar-refractivity contribution >= 4 is 35.1 Å². The number of carbonyl (C=O) groups is 1. The van der Waals surface area contributed by atoms with Crippen molar-refractivity contribution in [3.63, 3.8) is 0 Å². The number of anilines is 2. The van der Waals surface area contributed by atoms with Gasteiger partial charge in [-0.2, -0.15) is 4.98 Å². The van der Waals surface area contributed by atoms with Gasteiger partial charge in [0.1, 0.15) is 6.04 Å². The number of carbonyl (C=O) groups excluding carboxylic acids is 1. The van der Waals surface area contributed by atoms with Crippen LogP contribution in [0.5, 0.6) is 0 Å². The van der Waals surface area contributed by atoms with Crippen LogP contribution in [0.3, 0.4) is 0 Å². The van der Waals surface area contributed by atoms with Crippen LogP contribution in [0.25, 0.3) is 5.70 Å². The first-order valence-corrected chi connectivity index (χ1v) is 11.5. The van der Waals surface area contributed by atoms with Crippen molar-refractivity contribution in [3.05, 3.63) is 112 Å². The van der Waals surface area contributed by atoms with E-state index in [0.29, 0.717) is 23.8 Å². The van der Waals surface area contributed by atoms with Crippen LogP contribution in [-0.2, 0) is 11.2 Å². The lowest BCUT2D eigenvalue weighted by Gasteiger charge is -2.24. The Balaban J connectivity index is 1.40. The first kappa shape index (κ1) is 21.9. The zero-order valence-corrected chi connectivity index (χ0v) is 19.5. The fraction of sp³-hybridized carbons (Fsp3) is 0.148. The van der Waals surface area contributed by atoms with Gasteiger partial charge < -0.3 is 5.32 Å². The molecule has 0 saturated carbocycles. The highest BCUT2D eigenvalue weighted by Gasteiger charge is 2.25. The molecule has 0 aliphatic carbocycles. The van der Waals surface area contributed by atoms with Gasteiger partial charge in [0, 0.05) is 17.1 Å². The maximum Gasteiger partial charge on any atom is 0.250 e. The monoisotopic (exact) mass is 469 g/mol. The third-order valence-electron chi connectivity index (χ3n) is 5.77. The number of aromatic nitrogens is 3. The van der Waals surface area contributed by atoms with Gasteiger partial charge in [0.05, 0.1) is 0 Å². The zero-order valence-electron chi connectivity index (χ0n) is 18.7. The first-order chi connectivity index (χ1) is 16.5. The second-order valence-corrected chi connectivity index (χ2v) is 8.74. The fourth-order valence-electron chi connectivity index (χ4n) is 3.93. The third-order valence-corrected chi connectivity index (χ3v) is 6.03. The molecule has 5 rings (SSSR count). The zero-order chi connectivity index (χ0) is 23.5. The summed E-state index contributed by atoms with van der Waals surface area (Å²) in [6.07, 6.45) is 3.13. The molecule has 1 aromatic heterocycles. The number of amides is 1. The van der Waals surface area contributed by atoms with Crippen LogP contribution in [0.2, 0.25) is 5.02 Å². The number of aryl methyl sites for hydroxylation is 2. The van der Waals surface area contributed by atoms with Gasteiger partial charge in [0.25, 0.3) is 5.95 Å². The maximum atomic E-state index is 12.6. The Bertz CT molecular complexity index is 1330. The molecule has 1 amide bonds. The summed E-state index contributed by atoms with van der Waals surface area (Å²) < 4.78 is 1.80. The molecule has 2 N–H and O–H groups in total. The minimum Gasteiger partial charge on any atom is -0.324 e. The van der Waals surface area contributed by atoms with Crippen LogP contribution in [0.1, 0.15) is 34.7 Å². The van der Waals surface area contributed by atoms with Crippen LogP contribution < -0.4 is 10.6 Å². The highest BCUT2D eigenvalue weighted by molar-refractivity contribution is 6.30. The molecular weight excluding hydrogens is 446 g/mol. The fourth-order valence-corrected chi connectivity index (χ4v) is 4.06. The van der Waals surface area contributed by atoms with E-state index in [4.69, 9.17) is 11.6 Å². The maximum absolute atomic E-state index is 12.6. The molecule has 34 heavy (non-hydrogen) atoms. The Morgan fingerprint density at radius 1 is 1.03 bits per heavy atom. The number of halogens is 1. The number of hydrogen-bond acceptors (Lipinski definition) is 4. The summed E-state index contributed by atoms with van der Waals surface area (Å²) in [7, 11) is 0. The number of nitrogens with zero attached hydrogens (tertiary/aromatic N) is 3. The first-order valence-electron chi connectivity index (χ1n) is 11.2. The standard InChI is InChI=1S/C27H24ClN5O/c1-18-7-10-21(11-8-18)24-17-23(20-12-14-22(28)15-13-20)29-27-31-26(32-33(24)27)30-25(34)16-9-19-5-3-2-4-6-19/h2-8,10-15,17,24H,9,16H2,1H3,(H2,29,30,31,32,34)/t24-/m1/s1. The van der Waals surface area contributed by atoms with E-state index >= 15 is 0 Å². The Labute approximate surface area is 203 Å². The van der Waals surface area contributed by atoms with Crippen LogP contribution >= 0.6 is 11.6 Å². The Morgan fingerprint density at radius 2 is 1.76 bits per heavy atom. The van der Waals surface area contributed by atoms with E-state index in [1.54, 1.807) is 4.68 Å². The normalized spacial score (nSPS) is 14.6. The summed E-state index contributed by atoms with van der Waals surface area (Å²) in [5.41, 5.74) is 5.28. The minimum absolute atomic E-state index is 0.121. The van der Waals surface area contributed by atoms with Crippen LogP contribution in [0.4, 0.5) is 11.9 Å². The molecule has 4 aromatic rings. The van der Waals surface area contributed by atoms with Crippen LogP contribution in [0, 0.1) is 6.92 Å². The SMILES string of the molecule is Cc1ccc([C@H]2C=C(c3ccc(Cl)cc3)Nc3nc(NC(=O)CCc4ccccc4)nn32)cc1. The van der Waals surface area contributed by atoms with Crippen molar-refractivity contribution in [3.8, 4) is 0 Å². The van der Waals surface area contributed by atoms with Gasteiger partial charge in [-0.25, -0.2) is 4.68 Å². The molecule has 1 aliphatic heterocycles. The second-order valence-electron chi connectivity index (χ2n) is 8.31. The molecule has 7 heteroatoms. The molecular formula is C27H24ClN5O. The van der Waals surface area contributed by atoms with Crippen LogP contribution in [0.15, 0.2) is 84.9 Å². The van der Waals surface area contributed by atoms with Crippen LogP contribution in [-0.4, -0.2) is 20.7 Å². The largest absolute Gasteiger partial charge is 0.324 e. The summed E-state index contributed by atoms with van der Waals surface area (Å²) >= 11 is 6.08. The van der Waals surface area contributed by atoms with Crippen molar-refractivity contribution in [1.29, 1.82) is 0 Å². The van der Waals surface area contributed by atoms with E-state index in [0.717, 1.165) is 22.4 Å². The van der Waals surface area contributed by atoms with E-state index in [-0.39, 0.29) is 17.9 Å². The van der Waals surface area contributed by atoms with Gasteiger partial charge in [0.15, 0.2) is 0 Å². The van der Waals surface area contributed by atoms with Crippen molar-refractivity contribution in [2.75, 3.05) is 10.6 Å². The van der Waals surface area contributed by atoms with Gasteiger partial charge >= 0.3 is 0 Å². The second kappa shape index (κ2) is 9.53. The average Bonchev–Trinajstić information content (AvgIpc) is 3.26. The number of nitrogens with one attached hydrogen (secondary N) is 2. The van der Waals surface area contributed by atoms with Crippen molar-refractivity contribution < 1.29 is 4.79 Å². The highest BCUT2D eigenvalue weighted by atomic mass is 35.5. The number of hydrogen-bond donors (Lipinski definition) is 2. The van der Waals surface area contributed by atoms with Gasteiger partial charge in [-0.3, -0.25) is 10.1 Å². The van der Waals surface area contributed by atoms with E-state index < -0.39 is 0 Å². The molecule has 0 bridgehead atoms. The van der Waals surface area contributed by atoms with E-state index in [9.17, 15) is 4.79 Å². The molecule has 0 saturated heterocycles. The van der Waals surface area contributed by atoms with E-state index in [2.05, 4.69) is 58.0 Å². The molecule has 0 fully saturated rings. The number of benzene rings is 3. The van der Waals surface area contributed by atoms with Crippen molar-refractivity contribution in [1.82, 2.24) is 14.8 Å². The predicted octanol–water partition coefficient (Wildman–Crippen LogP) is 5.87. The topological polar surface area (TPSA) is 71.8 Å². The summed E-state index contributed by atoms with van der Waals surface area (Å²) in [5.74, 6) is 0.726. The van der Waals surface area contributed by atoms with Gasteiger partial charge in [-0.15, -0.1) is 5.10 Å². The molecule has 3 aromatic carbocycles. The predicted molar refractivity (Wildman–Crippen MR) is 136 cm³/mol. The van der Waals surface area contributed by atoms with Gasteiger partial charge in [-0.1, -0.05) is 83.9 Å². The molecule has 2 heterocycles. The van der Waals surface area contributed by atoms with E-state index in [1.165, 1.54) is 5.56 Å². The molecule has 1 aliphatic rings. The summed E-state index contributed by atoms with van der Waals surface area (Å²) in [5, 5.41) is 11.5. The Morgan fingerprint density at radius 3 is 2.50 bits per heavy atom. The summed E-state index contributed by atoms with van der Waals surface area (Å²) in [6.45, 7) is 2.06. The quantitative estimate of drug-likeness (QED) is 0.370. The lowest BCUT2D eigenvalue weighted by molar-refractivity contribution is -0.116. The molecule has 170 valence electrons. The molecule has 1 atom stereocenters. The number of fused-ring (bicyclic) bond motifs is 1. The smallest absolute Gasteiger partial charge is 0.250 e. The summed E-state index contributed by atoms with van der Waals surface area (Å²) in [4.78, 5) is 17.1. The van der Waals surface area contributed by atoms with Gasteiger partial charge in [0.2, 0.25) is 11.9 Å². The lowest BCUT2D eigenvalue weighted by atomic mass is 10.0. The van der Waals surface area contributed by atoms with Crippen molar-refractivity contribution in [2.45, 2.75) is 25.8 Å². The molecule has 0 radical (unpaired) electrons. The number of rotatable bonds is 6. The Hall–Kier alpha value is -3.90. The number of allylic oxidation sites excluding steroid dienone is 1. The third kappa shape index (κ3) is 4.87. The minimum atomic E-state index is -0.176. The Kier molecular flexibility index (Phi) is 6.14. The highest BCUT2D eigenvalue weighted by Crippen LogP contribution is 2.33. The van der Waals surface area contributed by atoms with Gasteiger partial charge in [-0.05, 0) is 48.2 Å². The van der Waals surface area contributed by atoms with Crippen molar-refractivity contribution in [2.24, 2.45) is 0 Å². The van der Waals surface area contributed by atoms with E-state index in [1.807, 2.05) is 54.6 Å². The average molecular weight is 470 g/mol.